The zero-order valence-electron chi connectivity index (χ0n) is 13.1. The van der Waals surface area contributed by atoms with Gasteiger partial charge in [-0.05, 0) is 46.2 Å². The second-order valence-electron chi connectivity index (χ2n) is 6.52. The summed E-state index contributed by atoms with van der Waals surface area (Å²) in [6.07, 6.45) is 0.629. The number of carbonyl (C=O) groups is 2. The van der Waals surface area contributed by atoms with Gasteiger partial charge < -0.3 is 15.5 Å². The number of anilines is 1. The molecule has 1 fully saturated rings. The molecule has 0 aliphatic carbocycles. The number of nitrogens with zero attached hydrogens (tertiary/aromatic N) is 1. The van der Waals surface area contributed by atoms with Gasteiger partial charge in [0.05, 0.1) is 0 Å². The van der Waals surface area contributed by atoms with Crippen LogP contribution in [0.25, 0.3) is 0 Å². The average molecular weight is 289 g/mol. The molecule has 1 aromatic carbocycles. The second kappa shape index (κ2) is 5.76. The molecule has 0 unspecified atom stereocenters. The summed E-state index contributed by atoms with van der Waals surface area (Å²) in [6.45, 7) is 8.35. The lowest BCUT2D eigenvalue weighted by atomic mass is 10.1. The largest absolute Gasteiger partial charge is 0.334 e. The summed E-state index contributed by atoms with van der Waals surface area (Å²) in [5.74, 6) is -0.0529. The SMILES string of the molecule is Cc1ccc(N2CC[C@H](NC(=O)NC(C)(C)C)C2=O)cc1. The lowest BCUT2D eigenvalue weighted by molar-refractivity contribution is -0.118. The number of carbonyl (C=O) groups excluding carboxylic acids is 2. The standard InChI is InChI=1S/C16H23N3O2/c1-11-5-7-12(8-6-11)19-10-9-13(14(19)20)17-15(21)18-16(2,3)4/h5-8,13H,9-10H2,1-4H3,(H2,17,18,21)/t13-/m0/s1. The van der Waals surface area contributed by atoms with Crippen molar-refractivity contribution in [1.82, 2.24) is 10.6 Å². The molecule has 0 saturated carbocycles. The van der Waals surface area contributed by atoms with Crippen LogP contribution < -0.4 is 15.5 Å². The van der Waals surface area contributed by atoms with Crippen LogP contribution in [0.3, 0.4) is 0 Å². The van der Waals surface area contributed by atoms with Crippen LogP contribution in [0.5, 0.6) is 0 Å². The first kappa shape index (κ1) is 15.4. The molecule has 114 valence electrons. The molecule has 1 aliphatic rings. The molecule has 1 atom stereocenters. The summed E-state index contributed by atoms with van der Waals surface area (Å²) in [6, 6.07) is 7.08. The molecule has 21 heavy (non-hydrogen) atoms. The van der Waals surface area contributed by atoms with Crippen molar-refractivity contribution in [2.24, 2.45) is 0 Å². The fourth-order valence-corrected chi connectivity index (χ4v) is 2.33. The maximum atomic E-state index is 12.4. The van der Waals surface area contributed by atoms with Crippen molar-refractivity contribution in [3.63, 3.8) is 0 Å². The molecule has 1 aromatic rings. The normalized spacial score (nSPS) is 18.8. The third-order valence-corrected chi connectivity index (χ3v) is 3.35. The van der Waals surface area contributed by atoms with Crippen molar-refractivity contribution in [1.29, 1.82) is 0 Å². The number of aryl methyl sites for hydroxylation is 1. The van der Waals surface area contributed by atoms with Crippen molar-refractivity contribution < 1.29 is 9.59 Å². The summed E-state index contributed by atoms with van der Waals surface area (Å²) in [5, 5.41) is 5.56. The highest BCUT2D eigenvalue weighted by molar-refractivity contribution is 6.01. The summed E-state index contributed by atoms with van der Waals surface area (Å²) in [7, 11) is 0. The Balaban J connectivity index is 1.98. The summed E-state index contributed by atoms with van der Waals surface area (Å²) >= 11 is 0. The van der Waals surface area contributed by atoms with Crippen molar-refractivity contribution in [3.05, 3.63) is 29.8 Å². The third kappa shape index (κ3) is 3.97. The van der Waals surface area contributed by atoms with Gasteiger partial charge in [-0.2, -0.15) is 0 Å². The Bertz CT molecular complexity index is 531. The number of urea groups is 1. The molecule has 1 aliphatic heterocycles. The van der Waals surface area contributed by atoms with E-state index < -0.39 is 6.04 Å². The number of benzene rings is 1. The van der Waals surface area contributed by atoms with Crippen LogP contribution in [0.4, 0.5) is 10.5 Å². The molecular formula is C16H23N3O2. The zero-order valence-corrected chi connectivity index (χ0v) is 13.1. The molecule has 0 spiro atoms. The van der Waals surface area contributed by atoms with Crippen LogP contribution in [-0.4, -0.2) is 30.1 Å². The van der Waals surface area contributed by atoms with Gasteiger partial charge in [-0.15, -0.1) is 0 Å². The number of amides is 3. The minimum Gasteiger partial charge on any atom is -0.334 e. The fraction of sp³-hybridized carbons (Fsp3) is 0.500. The lowest BCUT2D eigenvalue weighted by Crippen LogP contribution is -2.51. The molecule has 1 saturated heterocycles. The molecule has 0 bridgehead atoms. The molecular weight excluding hydrogens is 266 g/mol. The smallest absolute Gasteiger partial charge is 0.315 e. The molecule has 2 rings (SSSR count). The minimum atomic E-state index is -0.450. The number of rotatable bonds is 2. The van der Waals surface area contributed by atoms with Gasteiger partial charge in [0.1, 0.15) is 6.04 Å². The van der Waals surface area contributed by atoms with Crippen LogP contribution in [0.15, 0.2) is 24.3 Å². The first-order valence-electron chi connectivity index (χ1n) is 7.23. The Hall–Kier alpha value is -2.04. The molecule has 1 heterocycles. The minimum absolute atomic E-state index is 0.0529. The molecule has 3 amide bonds. The first-order chi connectivity index (χ1) is 9.76. The summed E-state index contributed by atoms with van der Waals surface area (Å²) in [5.41, 5.74) is 1.72. The van der Waals surface area contributed by atoms with E-state index in [-0.39, 0.29) is 17.5 Å². The maximum absolute atomic E-state index is 12.4. The molecule has 5 nitrogen and oxygen atoms in total. The number of hydrogen-bond donors (Lipinski definition) is 2. The van der Waals surface area contributed by atoms with Crippen molar-refractivity contribution in [2.45, 2.75) is 45.7 Å². The van der Waals surface area contributed by atoms with E-state index in [4.69, 9.17) is 0 Å². The van der Waals surface area contributed by atoms with E-state index in [1.54, 1.807) is 4.90 Å². The predicted molar refractivity (Wildman–Crippen MR) is 83.4 cm³/mol. The van der Waals surface area contributed by atoms with Crippen molar-refractivity contribution in [2.75, 3.05) is 11.4 Å². The van der Waals surface area contributed by atoms with Gasteiger partial charge in [0.15, 0.2) is 0 Å². The highest BCUT2D eigenvalue weighted by atomic mass is 16.2. The van der Waals surface area contributed by atoms with E-state index >= 15 is 0 Å². The fourth-order valence-electron chi connectivity index (χ4n) is 2.33. The van der Waals surface area contributed by atoms with E-state index in [0.29, 0.717) is 13.0 Å². The molecule has 0 radical (unpaired) electrons. The van der Waals surface area contributed by atoms with Crippen LogP contribution >= 0.6 is 0 Å². The Morgan fingerprint density at radius 2 is 1.86 bits per heavy atom. The highest BCUT2D eigenvalue weighted by Gasteiger charge is 2.33. The van der Waals surface area contributed by atoms with Gasteiger partial charge in [-0.3, -0.25) is 4.79 Å². The Labute approximate surface area is 125 Å². The Morgan fingerprint density at radius 3 is 2.43 bits per heavy atom. The Morgan fingerprint density at radius 1 is 1.24 bits per heavy atom. The van der Waals surface area contributed by atoms with Gasteiger partial charge in [0.2, 0.25) is 5.91 Å². The topological polar surface area (TPSA) is 61.4 Å². The highest BCUT2D eigenvalue weighted by Crippen LogP contribution is 2.22. The lowest BCUT2D eigenvalue weighted by Gasteiger charge is -2.22. The molecule has 2 N–H and O–H groups in total. The van der Waals surface area contributed by atoms with E-state index in [2.05, 4.69) is 10.6 Å². The molecule has 0 aromatic heterocycles. The quantitative estimate of drug-likeness (QED) is 0.876. The van der Waals surface area contributed by atoms with E-state index in [1.165, 1.54) is 0 Å². The maximum Gasteiger partial charge on any atom is 0.315 e. The second-order valence-corrected chi connectivity index (χ2v) is 6.52. The first-order valence-corrected chi connectivity index (χ1v) is 7.23. The van der Waals surface area contributed by atoms with Gasteiger partial charge in [0, 0.05) is 17.8 Å². The number of nitrogens with one attached hydrogen (secondary N) is 2. The Kier molecular flexibility index (Phi) is 4.21. The third-order valence-electron chi connectivity index (χ3n) is 3.35. The van der Waals surface area contributed by atoms with Crippen LogP contribution in [-0.2, 0) is 4.79 Å². The van der Waals surface area contributed by atoms with Crippen molar-refractivity contribution >= 4 is 17.6 Å². The van der Waals surface area contributed by atoms with Gasteiger partial charge >= 0.3 is 6.03 Å². The average Bonchev–Trinajstić information content (AvgIpc) is 2.70. The van der Waals surface area contributed by atoms with Gasteiger partial charge in [-0.1, -0.05) is 17.7 Å². The monoisotopic (exact) mass is 289 g/mol. The van der Waals surface area contributed by atoms with Crippen LogP contribution in [0.2, 0.25) is 0 Å². The van der Waals surface area contributed by atoms with Gasteiger partial charge in [0.25, 0.3) is 0 Å². The number of hydrogen-bond acceptors (Lipinski definition) is 2. The molecule has 5 heteroatoms. The van der Waals surface area contributed by atoms with Crippen molar-refractivity contribution in [3.8, 4) is 0 Å². The summed E-state index contributed by atoms with van der Waals surface area (Å²) in [4.78, 5) is 26.0. The van der Waals surface area contributed by atoms with Gasteiger partial charge in [-0.25, -0.2) is 4.79 Å². The van der Waals surface area contributed by atoms with E-state index in [1.807, 2.05) is 52.0 Å². The van der Waals surface area contributed by atoms with E-state index in [9.17, 15) is 9.59 Å². The summed E-state index contributed by atoms with van der Waals surface area (Å²) < 4.78 is 0. The predicted octanol–water partition coefficient (Wildman–Crippen LogP) is 2.20. The van der Waals surface area contributed by atoms with Crippen LogP contribution in [0, 0.1) is 6.92 Å². The van der Waals surface area contributed by atoms with E-state index in [0.717, 1.165) is 11.3 Å². The zero-order chi connectivity index (χ0) is 15.6. The van der Waals surface area contributed by atoms with Crippen LogP contribution in [0.1, 0.15) is 32.8 Å².